The van der Waals surface area contributed by atoms with Gasteiger partial charge in [0.25, 0.3) is 5.91 Å². The molecule has 0 unspecified atom stereocenters. The maximum atomic E-state index is 13.5. The number of fused-ring (bicyclic) bond motifs is 1. The van der Waals surface area contributed by atoms with Crippen molar-refractivity contribution in [3.8, 4) is 5.69 Å². The van der Waals surface area contributed by atoms with Gasteiger partial charge in [-0.3, -0.25) is 14.2 Å². The number of benzene rings is 1. The second-order valence-electron chi connectivity index (χ2n) is 9.77. The molecular formula is C29H28F3N5O5S2. The van der Waals surface area contributed by atoms with Crippen molar-refractivity contribution in [3.05, 3.63) is 75.8 Å². The van der Waals surface area contributed by atoms with E-state index in [2.05, 4.69) is 20.8 Å². The van der Waals surface area contributed by atoms with E-state index in [0.29, 0.717) is 10.6 Å². The number of carbonyl (C=O) groups excluding carboxylic acids is 3. The summed E-state index contributed by atoms with van der Waals surface area (Å²) in [4.78, 5) is 39.5. The number of ether oxygens (including phenoxy) is 1. The van der Waals surface area contributed by atoms with Crippen molar-refractivity contribution in [2.75, 3.05) is 17.7 Å². The second kappa shape index (κ2) is 13.7. The number of nitrogens with zero attached hydrogens (tertiary/aromatic N) is 3. The van der Waals surface area contributed by atoms with E-state index in [9.17, 15) is 27.6 Å². The number of alkyl halides is 3. The first-order chi connectivity index (χ1) is 21.2. The third-order valence-electron chi connectivity index (χ3n) is 6.77. The molecule has 0 atom stereocenters. The first-order valence-corrected chi connectivity index (χ1v) is 15.6. The number of anilines is 1. The lowest BCUT2D eigenvalue weighted by Crippen LogP contribution is -2.24. The van der Waals surface area contributed by atoms with E-state index < -0.39 is 29.5 Å². The van der Waals surface area contributed by atoms with Crippen LogP contribution in [0.25, 0.3) is 5.69 Å². The minimum absolute atomic E-state index is 0.0504. The second-order valence-corrected chi connectivity index (χ2v) is 11.8. The first-order valence-electron chi connectivity index (χ1n) is 13.8. The summed E-state index contributed by atoms with van der Waals surface area (Å²) in [5, 5.41) is 14.2. The zero-order valence-corrected chi connectivity index (χ0v) is 25.2. The van der Waals surface area contributed by atoms with Crippen molar-refractivity contribution in [2.45, 2.75) is 56.9 Å². The van der Waals surface area contributed by atoms with Crippen LogP contribution in [0.1, 0.15) is 68.9 Å². The highest BCUT2D eigenvalue weighted by Gasteiger charge is 2.31. The Balaban J connectivity index is 1.38. The Morgan fingerprint density at radius 3 is 2.68 bits per heavy atom. The number of hydrogen-bond donors (Lipinski definition) is 2. The summed E-state index contributed by atoms with van der Waals surface area (Å²) in [5.74, 6) is -1.47. The molecule has 2 amide bonds. The minimum atomic E-state index is -4.60. The molecule has 3 aromatic heterocycles. The fourth-order valence-corrected chi connectivity index (χ4v) is 6.85. The molecule has 1 aliphatic rings. The summed E-state index contributed by atoms with van der Waals surface area (Å²) in [6.45, 7) is 1.73. The van der Waals surface area contributed by atoms with Crippen LogP contribution in [-0.2, 0) is 35.1 Å². The Hall–Kier alpha value is -4.11. The number of aromatic nitrogens is 3. The lowest BCUT2D eigenvalue weighted by Gasteiger charge is -2.13. The number of aryl methyl sites for hydroxylation is 1. The molecule has 1 aliphatic carbocycles. The summed E-state index contributed by atoms with van der Waals surface area (Å²) >= 11 is 2.32. The SMILES string of the molecule is CCOC(=O)c1c(NC(=O)CSc2nnc(CNC(=O)c3ccco3)n2-c2cccc(C(F)(F)F)c2)sc2c1CCCCC2. The normalized spacial score (nSPS) is 13.2. The fraction of sp³-hybridized carbons (Fsp3) is 0.345. The lowest BCUT2D eigenvalue weighted by atomic mass is 10.1. The molecule has 0 aliphatic heterocycles. The van der Waals surface area contributed by atoms with Gasteiger partial charge in [0.1, 0.15) is 5.00 Å². The topological polar surface area (TPSA) is 128 Å². The fourth-order valence-electron chi connectivity index (χ4n) is 4.79. The van der Waals surface area contributed by atoms with Gasteiger partial charge in [-0.15, -0.1) is 21.5 Å². The maximum absolute atomic E-state index is 13.5. The van der Waals surface area contributed by atoms with Crippen LogP contribution < -0.4 is 10.6 Å². The van der Waals surface area contributed by atoms with Crippen LogP contribution in [0.5, 0.6) is 0 Å². The predicted octanol–water partition coefficient (Wildman–Crippen LogP) is 6.05. The Labute approximate surface area is 258 Å². The summed E-state index contributed by atoms with van der Waals surface area (Å²) in [7, 11) is 0. The standard InChI is InChI=1S/C29H28F3N5O5S2/c1-2-41-27(40)24-19-10-4-3-5-12-21(19)44-26(24)34-23(38)16-43-28-36-35-22(15-33-25(39)20-11-7-13-42-20)37(28)18-9-6-8-17(14-18)29(30,31)32/h6-9,11,13-14H,2-5,10,12,15-16H2,1H3,(H,33,39)(H,34,38). The molecule has 0 radical (unpaired) electrons. The van der Waals surface area contributed by atoms with Gasteiger partial charge >= 0.3 is 12.1 Å². The quantitative estimate of drug-likeness (QED) is 0.121. The molecule has 3 heterocycles. The van der Waals surface area contributed by atoms with E-state index in [4.69, 9.17) is 9.15 Å². The number of esters is 1. The smallest absolute Gasteiger partial charge is 0.416 e. The van der Waals surface area contributed by atoms with Crippen molar-refractivity contribution in [3.63, 3.8) is 0 Å². The van der Waals surface area contributed by atoms with Gasteiger partial charge in [0.2, 0.25) is 5.91 Å². The zero-order valence-electron chi connectivity index (χ0n) is 23.5. The van der Waals surface area contributed by atoms with Crippen LogP contribution >= 0.6 is 23.1 Å². The van der Waals surface area contributed by atoms with Gasteiger partial charge < -0.3 is 19.8 Å². The van der Waals surface area contributed by atoms with Crippen LogP contribution in [0.3, 0.4) is 0 Å². The number of carbonyl (C=O) groups is 3. The summed E-state index contributed by atoms with van der Waals surface area (Å²) in [5.41, 5.74) is 0.516. The highest BCUT2D eigenvalue weighted by molar-refractivity contribution is 7.99. The number of hydrogen-bond acceptors (Lipinski definition) is 9. The van der Waals surface area contributed by atoms with Crippen LogP contribution in [0.2, 0.25) is 0 Å². The molecular weight excluding hydrogens is 619 g/mol. The number of halogens is 3. The van der Waals surface area contributed by atoms with Crippen LogP contribution in [0.15, 0.2) is 52.2 Å². The maximum Gasteiger partial charge on any atom is 0.416 e. The first kappa shape index (κ1) is 31.3. The number of rotatable bonds is 10. The predicted molar refractivity (Wildman–Crippen MR) is 157 cm³/mol. The third kappa shape index (κ3) is 7.16. The average molecular weight is 648 g/mol. The molecule has 4 aromatic rings. The largest absolute Gasteiger partial charge is 0.462 e. The Kier molecular flexibility index (Phi) is 9.74. The lowest BCUT2D eigenvalue weighted by molar-refractivity contribution is -0.137. The van der Waals surface area contributed by atoms with E-state index >= 15 is 0 Å². The molecule has 44 heavy (non-hydrogen) atoms. The van der Waals surface area contributed by atoms with Crippen molar-refractivity contribution in [2.24, 2.45) is 0 Å². The van der Waals surface area contributed by atoms with Gasteiger partial charge in [0, 0.05) is 4.88 Å². The van der Waals surface area contributed by atoms with E-state index in [0.717, 1.165) is 66.4 Å². The zero-order chi connectivity index (χ0) is 31.3. The summed E-state index contributed by atoms with van der Waals surface area (Å²) in [6.07, 6.45) is 1.27. The monoisotopic (exact) mass is 647 g/mol. The molecule has 0 saturated heterocycles. The third-order valence-corrected chi connectivity index (χ3v) is 8.91. The van der Waals surface area contributed by atoms with Gasteiger partial charge in [-0.1, -0.05) is 24.2 Å². The average Bonchev–Trinajstić information content (AvgIpc) is 3.71. The highest BCUT2D eigenvalue weighted by Crippen LogP contribution is 2.38. The minimum Gasteiger partial charge on any atom is -0.462 e. The Morgan fingerprint density at radius 2 is 1.93 bits per heavy atom. The molecule has 10 nitrogen and oxygen atoms in total. The number of furan rings is 1. The van der Waals surface area contributed by atoms with E-state index in [1.165, 1.54) is 40.4 Å². The van der Waals surface area contributed by atoms with Gasteiger partial charge in [0.15, 0.2) is 16.7 Å². The molecule has 0 bridgehead atoms. The number of thioether (sulfide) groups is 1. The van der Waals surface area contributed by atoms with Crippen molar-refractivity contribution >= 4 is 45.9 Å². The van der Waals surface area contributed by atoms with E-state index in [1.54, 1.807) is 13.0 Å². The van der Waals surface area contributed by atoms with Gasteiger partial charge in [-0.25, -0.2) is 4.79 Å². The molecule has 2 N–H and O–H groups in total. The van der Waals surface area contributed by atoms with Crippen molar-refractivity contribution in [1.82, 2.24) is 20.1 Å². The molecule has 15 heteroatoms. The highest BCUT2D eigenvalue weighted by atomic mass is 32.2. The number of nitrogens with one attached hydrogen (secondary N) is 2. The van der Waals surface area contributed by atoms with Gasteiger partial charge in [0.05, 0.1) is 42.0 Å². The van der Waals surface area contributed by atoms with Crippen molar-refractivity contribution < 1.29 is 36.7 Å². The number of amides is 2. The van der Waals surface area contributed by atoms with Crippen molar-refractivity contribution in [1.29, 1.82) is 0 Å². The summed E-state index contributed by atoms with van der Waals surface area (Å²) in [6, 6.07) is 7.59. The summed E-state index contributed by atoms with van der Waals surface area (Å²) < 4.78 is 52.3. The van der Waals surface area contributed by atoms with Crippen LogP contribution in [0, 0.1) is 0 Å². The van der Waals surface area contributed by atoms with Crippen LogP contribution in [0.4, 0.5) is 18.2 Å². The van der Waals surface area contributed by atoms with Crippen LogP contribution in [-0.4, -0.2) is 44.9 Å². The van der Waals surface area contributed by atoms with Gasteiger partial charge in [-0.2, -0.15) is 13.2 Å². The molecule has 0 fully saturated rings. The molecule has 5 rings (SSSR count). The Morgan fingerprint density at radius 1 is 1.11 bits per heavy atom. The number of thiophene rings is 1. The molecule has 232 valence electrons. The van der Waals surface area contributed by atoms with E-state index in [1.807, 2.05) is 0 Å². The molecule has 0 spiro atoms. The Bertz CT molecular complexity index is 1650. The molecule has 0 saturated carbocycles. The van der Waals surface area contributed by atoms with Gasteiger partial charge in [-0.05, 0) is 68.5 Å². The molecule has 1 aromatic carbocycles. The van der Waals surface area contributed by atoms with E-state index in [-0.39, 0.29) is 41.3 Å².